The number of benzene rings is 1. The highest BCUT2D eigenvalue weighted by Crippen LogP contribution is 2.47. The van der Waals surface area contributed by atoms with Crippen molar-refractivity contribution in [1.29, 1.82) is 0 Å². The van der Waals surface area contributed by atoms with E-state index < -0.39 is 23.8 Å². The van der Waals surface area contributed by atoms with Crippen molar-refractivity contribution in [1.82, 2.24) is 0 Å². The zero-order valence-corrected chi connectivity index (χ0v) is 11.4. The van der Waals surface area contributed by atoms with E-state index in [2.05, 4.69) is 0 Å². The highest BCUT2D eigenvalue weighted by Gasteiger charge is 2.75. The van der Waals surface area contributed by atoms with E-state index in [4.69, 9.17) is 0 Å². The zero-order valence-electron chi connectivity index (χ0n) is 11.4. The van der Waals surface area contributed by atoms with Crippen LogP contribution in [0.3, 0.4) is 0 Å². The summed E-state index contributed by atoms with van der Waals surface area (Å²) in [5.74, 6) is -14.9. The number of carbonyl (C=O) groups is 1. The first-order valence-corrected chi connectivity index (χ1v) is 5.93. The van der Waals surface area contributed by atoms with Crippen LogP contribution >= 0.6 is 0 Å². The Morgan fingerprint density at radius 2 is 1.55 bits per heavy atom. The van der Waals surface area contributed by atoms with Gasteiger partial charge in [-0.25, -0.2) is 0 Å². The molecular weight excluding hydrogens is 317 g/mol. The molecule has 0 amide bonds. The zero-order chi connectivity index (χ0) is 17.3. The van der Waals surface area contributed by atoms with Crippen molar-refractivity contribution in [2.24, 2.45) is 0 Å². The maximum atomic E-state index is 13.1. The summed E-state index contributed by atoms with van der Waals surface area (Å²) in [6.45, 7) is 3.31. The predicted molar refractivity (Wildman–Crippen MR) is 65.9 cm³/mol. The molecule has 1 aromatic rings. The van der Waals surface area contributed by atoms with Gasteiger partial charge in [0.15, 0.2) is 0 Å². The van der Waals surface area contributed by atoms with E-state index in [-0.39, 0.29) is 11.6 Å². The summed E-state index contributed by atoms with van der Waals surface area (Å²) < 4.78 is 87.4. The van der Waals surface area contributed by atoms with Crippen LogP contribution in [-0.4, -0.2) is 23.8 Å². The van der Waals surface area contributed by atoms with E-state index in [0.717, 1.165) is 11.6 Å². The molecule has 0 saturated heterocycles. The maximum absolute atomic E-state index is 13.1. The normalized spacial score (nSPS) is 13.7. The van der Waals surface area contributed by atoms with Crippen molar-refractivity contribution in [3.63, 3.8) is 0 Å². The average Bonchev–Trinajstić information content (AvgIpc) is 2.35. The molecule has 0 saturated carbocycles. The number of hydrogen-bond donors (Lipinski definition) is 0. The number of alkyl halides is 7. The molecular formula is C14H11F7O. The monoisotopic (exact) mass is 328 g/mol. The van der Waals surface area contributed by atoms with Crippen LogP contribution in [0, 0.1) is 13.8 Å². The van der Waals surface area contributed by atoms with Gasteiger partial charge in [0.05, 0.1) is 0 Å². The molecule has 1 rings (SSSR count). The topological polar surface area (TPSA) is 17.1 Å². The van der Waals surface area contributed by atoms with Gasteiger partial charge in [0.2, 0.25) is 5.78 Å². The molecule has 8 heteroatoms. The molecule has 0 aliphatic carbocycles. The van der Waals surface area contributed by atoms with Gasteiger partial charge in [-0.15, -0.1) is 0 Å². The van der Waals surface area contributed by atoms with Crippen LogP contribution in [0.4, 0.5) is 30.7 Å². The molecule has 0 spiro atoms. The van der Waals surface area contributed by atoms with Crippen LogP contribution in [0.5, 0.6) is 0 Å². The molecule has 22 heavy (non-hydrogen) atoms. The molecule has 0 bridgehead atoms. The third kappa shape index (κ3) is 3.31. The van der Waals surface area contributed by atoms with E-state index in [1.54, 1.807) is 26.0 Å². The third-order valence-corrected chi connectivity index (χ3v) is 2.90. The lowest BCUT2D eigenvalue weighted by Gasteiger charge is -2.26. The number of halogens is 7. The highest BCUT2D eigenvalue weighted by atomic mass is 19.4. The fourth-order valence-corrected chi connectivity index (χ4v) is 1.62. The van der Waals surface area contributed by atoms with Crippen LogP contribution in [0.15, 0.2) is 24.3 Å². The summed E-state index contributed by atoms with van der Waals surface area (Å²) in [5, 5.41) is 0. The Hall–Kier alpha value is -1.86. The molecule has 0 aliphatic heterocycles. The fourth-order valence-electron chi connectivity index (χ4n) is 1.62. The first kappa shape index (κ1) is 18.2. The number of rotatable bonds is 4. The third-order valence-electron chi connectivity index (χ3n) is 2.90. The van der Waals surface area contributed by atoms with Crippen molar-refractivity contribution >= 4 is 11.9 Å². The highest BCUT2D eigenvalue weighted by molar-refractivity contribution is 5.99. The lowest BCUT2D eigenvalue weighted by Crippen LogP contribution is -2.55. The molecule has 0 unspecified atom stereocenters. The predicted octanol–water partition coefficient (Wildman–Crippen LogP) is 4.72. The Labute approximate surface area is 121 Å². The minimum absolute atomic E-state index is 0.0251. The number of hydrogen-bond acceptors (Lipinski definition) is 1. The van der Waals surface area contributed by atoms with Crippen molar-refractivity contribution in [3.8, 4) is 0 Å². The maximum Gasteiger partial charge on any atom is 0.460 e. The van der Waals surface area contributed by atoms with Gasteiger partial charge in [-0.05, 0) is 31.1 Å². The number of ketones is 1. The Morgan fingerprint density at radius 1 is 1.00 bits per heavy atom. The van der Waals surface area contributed by atoms with Crippen molar-refractivity contribution in [2.75, 3.05) is 0 Å². The van der Waals surface area contributed by atoms with Gasteiger partial charge < -0.3 is 0 Å². The number of allylic oxidation sites excluding steroid dienone is 1. The quantitative estimate of drug-likeness (QED) is 0.577. The van der Waals surface area contributed by atoms with E-state index in [1.165, 1.54) is 6.07 Å². The second-order valence-electron chi connectivity index (χ2n) is 4.70. The van der Waals surface area contributed by atoms with Gasteiger partial charge in [0, 0.05) is 0 Å². The summed E-state index contributed by atoms with van der Waals surface area (Å²) in [6.07, 6.45) is -5.73. The Kier molecular flexibility index (Phi) is 4.74. The van der Waals surface area contributed by atoms with Crippen LogP contribution in [0.2, 0.25) is 0 Å². The second-order valence-corrected chi connectivity index (χ2v) is 4.70. The smallest absolute Gasteiger partial charge is 0.288 e. The number of aryl methyl sites for hydroxylation is 2. The summed E-state index contributed by atoms with van der Waals surface area (Å²) in [7, 11) is 0. The minimum atomic E-state index is -6.53. The van der Waals surface area contributed by atoms with Gasteiger partial charge in [-0.2, -0.15) is 30.7 Å². The van der Waals surface area contributed by atoms with E-state index in [0.29, 0.717) is 5.56 Å². The fraction of sp³-hybridized carbons (Fsp3) is 0.357. The van der Waals surface area contributed by atoms with Gasteiger partial charge in [-0.1, -0.05) is 29.8 Å². The summed E-state index contributed by atoms with van der Waals surface area (Å²) in [5.41, 5.74) is 1.63. The summed E-state index contributed by atoms with van der Waals surface area (Å²) >= 11 is 0. The Morgan fingerprint density at radius 3 is 2.00 bits per heavy atom. The van der Waals surface area contributed by atoms with Gasteiger partial charge in [0.1, 0.15) is 0 Å². The minimum Gasteiger partial charge on any atom is -0.288 e. The molecule has 1 nitrogen and oxygen atoms in total. The molecule has 0 atom stereocenters. The molecule has 0 aromatic heterocycles. The Balaban J connectivity index is 3.08. The number of carbonyl (C=O) groups excluding carboxylic acids is 1. The first-order chi connectivity index (χ1) is 9.80. The first-order valence-electron chi connectivity index (χ1n) is 5.93. The molecule has 1 aromatic carbocycles. The van der Waals surface area contributed by atoms with E-state index in [9.17, 15) is 35.5 Å². The summed E-state index contributed by atoms with van der Waals surface area (Å²) in [4.78, 5) is 11.1. The van der Waals surface area contributed by atoms with Gasteiger partial charge in [0.25, 0.3) is 0 Å². The molecule has 0 radical (unpaired) electrons. The molecule has 122 valence electrons. The van der Waals surface area contributed by atoms with Crippen LogP contribution < -0.4 is 0 Å². The van der Waals surface area contributed by atoms with Crippen molar-refractivity contribution in [3.05, 3.63) is 41.0 Å². The average molecular weight is 328 g/mol. The van der Waals surface area contributed by atoms with Gasteiger partial charge in [-0.3, -0.25) is 4.79 Å². The van der Waals surface area contributed by atoms with Crippen LogP contribution in [0.25, 0.3) is 6.08 Å². The van der Waals surface area contributed by atoms with Crippen molar-refractivity contribution < 1.29 is 35.5 Å². The van der Waals surface area contributed by atoms with Crippen LogP contribution in [-0.2, 0) is 4.79 Å². The van der Waals surface area contributed by atoms with E-state index in [1.807, 2.05) is 0 Å². The lowest BCUT2D eigenvalue weighted by molar-refractivity contribution is -0.342. The SMILES string of the molecule is Cc1ccc(/C=C/C(=O)C(F)(F)C(F)(F)C(F)(F)F)c(C)c1. The standard InChI is InChI=1S/C14H11F7O/c1-8-3-4-10(9(2)7-8)5-6-11(22)12(15,16)13(17,18)14(19,20)21/h3-7H,1-2H3/b6-5+. The van der Waals surface area contributed by atoms with Crippen molar-refractivity contribution in [2.45, 2.75) is 31.9 Å². The molecule has 0 fully saturated rings. The van der Waals surface area contributed by atoms with Gasteiger partial charge >= 0.3 is 18.0 Å². The largest absolute Gasteiger partial charge is 0.460 e. The lowest BCUT2D eigenvalue weighted by atomic mass is 10.0. The summed E-state index contributed by atoms with van der Waals surface area (Å²) in [6, 6.07) is 4.63. The molecule has 0 aliphatic rings. The van der Waals surface area contributed by atoms with E-state index >= 15 is 0 Å². The second kappa shape index (κ2) is 5.73. The molecule has 0 N–H and O–H groups in total. The van der Waals surface area contributed by atoms with Crippen LogP contribution in [0.1, 0.15) is 16.7 Å². The Bertz CT molecular complexity index is 600. The molecule has 0 heterocycles.